The predicted octanol–water partition coefficient (Wildman–Crippen LogP) is 1.73. The normalized spacial score (nSPS) is 8.50. The van der Waals surface area contributed by atoms with E-state index < -0.39 is 0 Å². The largest absolute Gasteiger partial charge is 0.235 e. The van der Waals surface area contributed by atoms with Gasteiger partial charge >= 0.3 is 0 Å². The van der Waals surface area contributed by atoms with E-state index in [1.54, 1.807) is 0 Å². The van der Waals surface area contributed by atoms with Crippen LogP contribution in [0, 0.1) is 12.3 Å². The Labute approximate surface area is 56.3 Å². The van der Waals surface area contributed by atoms with Gasteiger partial charge in [-0.2, -0.15) is 0 Å². The van der Waals surface area contributed by atoms with Crippen LogP contribution in [0.15, 0.2) is 6.20 Å². The zero-order valence-electron chi connectivity index (χ0n) is 3.81. The maximum atomic E-state index is 6.60. The summed E-state index contributed by atoms with van der Waals surface area (Å²) in [5.74, 6) is 2.12. The van der Waals surface area contributed by atoms with Gasteiger partial charge in [0.25, 0.3) is 0 Å². The molecule has 0 atom stereocenters. The highest BCUT2D eigenvalue weighted by Crippen LogP contribution is 2.16. The zero-order chi connectivity index (χ0) is 5.98. The summed E-state index contributed by atoms with van der Waals surface area (Å²) in [5, 5.41) is 0.523. The Hall–Kier alpha value is -0.520. The number of aromatic nitrogens is 1. The third-order valence-electron chi connectivity index (χ3n) is 0.584. The van der Waals surface area contributed by atoms with Gasteiger partial charge in [-0.15, -0.1) is 0 Å². The minimum atomic E-state index is 0.523. The summed E-state index contributed by atoms with van der Waals surface area (Å²) in [4.78, 5) is 3.72. The summed E-state index contributed by atoms with van der Waals surface area (Å²) in [6, 6.07) is 0. The van der Waals surface area contributed by atoms with Gasteiger partial charge < -0.3 is 0 Å². The summed E-state index contributed by atoms with van der Waals surface area (Å²) in [6.07, 6.45) is 8.10. The first-order valence-corrected chi connectivity index (χ1v) is 3.06. The van der Waals surface area contributed by atoms with Crippen LogP contribution in [-0.4, -0.2) is 4.98 Å². The molecule has 1 rings (SSSR count). The lowest BCUT2D eigenvalue weighted by Crippen LogP contribution is -1.61. The van der Waals surface area contributed by atoms with Crippen LogP contribution in [0.25, 0.3) is 0 Å². The van der Waals surface area contributed by atoms with Crippen molar-refractivity contribution in [3.8, 4) is 5.92 Å². The van der Waals surface area contributed by atoms with Crippen molar-refractivity contribution in [1.29, 1.82) is 0 Å². The van der Waals surface area contributed by atoms with E-state index in [9.17, 15) is 0 Å². The predicted molar refractivity (Wildman–Crippen MR) is 33.4 cm³/mol. The Bertz CT molecular complexity index is 223. The maximum absolute atomic E-state index is 6.60. The molecule has 1 aromatic rings. The van der Waals surface area contributed by atoms with Gasteiger partial charge in [-0.3, -0.25) is 0 Å². The summed E-state index contributed by atoms with van der Waals surface area (Å²) in [6.45, 7) is 0. The van der Waals surface area contributed by atoms with Crippen LogP contribution >= 0.6 is 22.9 Å². The SMILES string of the molecule is [C]#Cc1ncc(Cl)s1. The third kappa shape index (κ3) is 1.00. The number of halogens is 1. The van der Waals surface area contributed by atoms with Gasteiger partial charge in [0.1, 0.15) is 4.34 Å². The van der Waals surface area contributed by atoms with Crippen molar-refractivity contribution < 1.29 is 0 Å². The molecular weight excluding hydrogens is 142 g/mol. The topological polar surface area (TPSA) is 12.9 Å². The molecule has 0 aliphatic rings. The number of nitrogens with zero attached hydrogens (tertiary/aromatic N) is 1. The van der Waals surface area contributed by atoms with Crippen molar-refractivity contribution in [3.63, 3.8) is 0 Å². The molecule has 0 saturated carbocycles. The molecule has 0 amide bonds. The first kappa shape index (κ1) is 5.61. The second-order valence-electron chi connectivity index (χ2n) is 1.09. The van der Waals surface area contributed by atoms with E-state index in [0.717, 1.165) is 0 Å². The van der Waals surface area contributed by atoms with Crippen LogP contribution in [0.1, 0.15) is 5.01 Å². The summed E-state index contributed by atoms with van der Waals surface area (Å²) in [7, 11) is 0. The Morgan fingerprint density at radius 3 is 2.88 bits per heavy atom. The minimum Gasteiger partial charge on any atom is -0.235 e. The summed E-state index contributed by atoms with van der Waals surface area (Å²) < 4.78 is 0.597. The second kappa shape index (κ2) is 2.17. The van der Waals surface area contributed by atoms with E-state index in [-0.39, 0.29) is 0 Å². The fraction of sp³-hybridized carbons (Fsp3) is 0. The van der Waals surface area contributed by atoms with Crippen molar-refractivity contribution in [3.05, 3.63) is 22.0 Å². The molecule has 1 radical (unpaired) electrons. The molecule has 0 aliphatic carbocycles. The van der Waals surface area contributed by atoms with E-state index in [2.05, 4.69) is 10.9 Å². The van der Waals surface area contributed by atoms with E-state index in [1.807, 2.05) is 0 Å². The molecular formula is C5HClNS. The van der Waals surface area contributed by atoms with Gasteiger partial charge in [0.15, 0.2) is 5.01 Å². The van der Waals surface area contributed by atoms with Crippen LogP contribution in [-0.2, 0) is 0 Å². The van der Waals surface area contributed by atoms with Crippen LogP contribution in [0.3, 0.4) is 0 Å². The minimum absolute atomic E-state index is 0.523. The van der Waals surface area contributed by atoms with Gasteiger partial charge in [-0.25, -0.2) is 4.98 Å². The van der Waals surface area contributed by atoms with Gasteiger partial charge in [-0.1, -0.05) is 22.9 Å². The Balaban J connectivity index is 3.05. The molecule has 1 heterocycles. The quantitative estimate of drug-likeness (QED) is 0.503. The first-order valence-electron chi connectivity index (χ1n) is 1.87. The van der Waals surface area contributed by atoms with E-state index in [1.165, 1.54) is 17.5 Å². The van der Waals surface area contributed by atoms with E-state index >= 15 is 0 Å². The van der Waals surface area contributed by atoms with Gasteiger partial charge in [-0.05, 0) is 12.3 Å². The fourth-order valence-corrected chi connectivity index (χ4v) is 1.03. The van der Waals surface area contributed by atoms with Gasteiger partial charge in [0, 0.05) is 0 Å². The highest BCUT2D eigenvalue weighted by Gasteiger charge is 1.91. The van der Waals surface area contributed by atoms with Crippen LogP contribution in [0.2, 0.25) is 4.34 Å². The van der Waals surface area contributed by atoms with Crippen molar-refractivity contribution in [2.45, 2.75) is 0 Å². The maximum Gasteiger partial charge on any atom is 0.169 e. The van der Waals surface area contributed by atoms with Crippen molar-refractivity contribution in [2.24, 2.45) is 0 Å². The molecule has 39 valence electrons. The molecule has 0 aliphatic heterocycles. The van der Waals surface area contributed by atoms with Gasteiger partial charge in [0.2, 0.25) is 0 Å². The van der Waals surface area contributed by atoms with Crippen molar-refractivity contribution >= 4 is 22.9 Å². The average molecular weight is 143 g/mol. The van der Waals surface area contributed by atoms with Crippen LogP contribution in [0.4, 0.5) is 0 Å². The molecule has 1 aromatic heterocycles. The Morgan fingerprint density at radius 1 is 1.88 bits per heavy atom. The number of hydrogen-bond donors (Lipinski definition) is 0. The number of hydrogen-bond acceptors (Lipinski definition) is 2. The lowest BCUT2D eigenvalue weighted by atomic mass is 10.7. The molecule has 0 saturated heterocycles. The molecule has 0 aromatic carbocycles. The van der Waals surface area contributed by atoms with E-state index in [4.69, 9.17) is 18.0 Å². The average Bonchev–Trinajstić information content (AvgIpc) is 2.14. The van der Waals surface area contributed by atoms with Crippen LogP contribution < -0.4 is 0 Å². The van der Waals surface area contributed by atoms with Crippen LogP contribution in [0.5, 0.6) is 0 Å². The molecule has 0 bridgehead atoms. The molecule has 0 unspecified atom stereocenters. The first-order chi connectivity index (χ1) is 3.83. The standard InChI is InChI=1S/C5HClNS/c1-2-5-7-3-4(6)8-5/h3H. The summed E-state index contributed by atoms with van der Waals surface area (Å²) in [5.41, 5.74) is 0. The molecule has 1 nitrogen and oxygen atoms in total. The highest BCUT2D eigenvalue weighted by molar-refractivity contribution is 7.16. The zero-order valence-corrected chi connectivity index (χ0v) is 5.38. The van der Waals surface area contributed by atoms with E-state index in [0.29, 0.717) is 9.34 Å². The molecule has 8 heavy (non-hydrogen) atoms. The lowest BCUT2D eigenvalue weighted by Gasteiger charge is -1.66. The summed E-state index contributed by atoms with van der Waals surface area (Å²) >= 11 is 6.72. The monoisotopic (exact) mass is 142 g/mol. The molecule has 3 heteroatoms. The molecule has 0 fully saturated rings. The number of thiazole rings is 1. The second-order valence-corrected chi connectivity index (χ2v) is 2.76. The Morgan fingerprint density at radius 2 is 2.62 bits per heavy atom. The molecule has 0 spiro atoms. The third-order valence-corrected chi connectivity index (χ3v) is 1.61. The highest BCUT2D eigenvalue weighted by atomic mass is 35.5. The van der Waals surface area contributed by atoms with Gasteiger partial charge in [0.05, 0.1) is 6.20 Å². The molecule has 0 N–H and O–H groups in total. The smallest absolute Gasteiger partial charge is 0.169 e. The lowest BCUT2D eigenvalue weighted by molar-refractivity contribution is 1.39. The van der Waals surface area contributed by atoms with Crippen molar-refractivity contribution in [1.82, 2.24) is 4.98 Å². The fourth-order valence-electron chi connectivity index (χ4n) is 0.312. The Kier molecular flexibility index (Phi) is 1.52. The van der Waals surface area contributed by atoms with Crippen molar-refractivity contribution in [2.75, 3.05) is 0 Å². The number of rotatable bonds is 0.